The standard InChI is InChI=1S/C48H45N/c1-47(2)42-18-11-9-16-40(42)46-43(47)19-12-20-45(46)49(37-29-30-39-38-15-8-10-17-41(38)48(3,4)44(39)31-37)36-27-25-35(26-28-36)34-23-21-33(22-24-34)32-13-6-5-7-14-32/h8-12,15-32H,5-7,13-14H2,1-4H3. The number of nitrogens with zero attached hydrogens (tertiary/aromatic N) is 1. The zero-order chi connectivity index (χ0) is 33.3. The minimum atomic E-state index is -0.0749. The number of rotatable bonds is 5. The fourth-order valence-corrected chi connectivity index (χ4v) is 9.37. The fourth-order valence-electron chi connectivity index (χ4n) is 9.37. The van der Waals surface area contributed by atoms with Gasteiger partial charge < -0.3 is 4.90 Å². The smallest absolute Gasteiger partial charge is 0.0543 e. The molecule has 0 spiro atoms. The second-order valence-electron chi connectivity index (χ2n) is 15.6. The van der Waals surface area contributed by atoms with Gasteiger partial charge in [-0.1, -0.05) is 150 Å². The Bertz CT molecular complexity index is 2190. The minimum Gasteiger partial charge on any atom is -0.310 e. The van der Waals surface area contributed by atoms with Crippen LogP contribution in [0.15, 0.2) is 133 Å². The molecule has 0 atom stereocenters. The van der Waals surface area contributed by atoms with Crippen molar-refractivity contribution < 1.29 is 0 Å². The van der Waals surface area contributed by atoms with Gasteiger partial charge in [0.05, 0.1) is 5.69 Å². The van der Waals surface area contributed by atoms with Gasteiger partial charge in [-0.3, -0.25) is 0 Å². The van der Waals surface area contributed by atoms with Crippen LogP contribution in [-0.4, -0.2) is 0 Å². The zero-order valence-corrected chi connectivity index (χ0v) is 29.3. The van der Waals surface area contributed by atoms with Gasteiger partial charge >= 0.3 is 0 Å². The number of anilines is 3. The first kappa shape index (κ1) is 30.2. The van der Waals surface area contributed by atoms with Crippen molar-refractivity contribution in [2.75, 3.05) is 4.90 Å². The maximum Gasteiger partial charge on any atom is 0.0543 e. The van der Waals surface area contributed by atoms with E-state index in [1.807, 2.05) is 0 Å². The Hall–Kier alpha value is -4.88. The van der Waals surface area contributed by atoms with Crippen LogP contribution >= 0.6 is 0 Å². The first-order chi connectivity index (χ1) is 23.8. The molecular weight excluding hydrogens is 591 g/mol. The van der Waals surface area contributed by atoms with E-state index in [4.69, 9.17) is 0 Å². The van der Waals surface area contributed by atoms with Gasteiger partial charge in [0.2, 0.25) is 0 Å². The highest BCUT2D eigenvalue weighted by molar-refractivity contribution is 5.96. The molecule has 0 heterocycles. The van der Waals surface area contributed by atoms with Crippen LogP contribution in [0.25, 0.3) is 33.4 Å². The molecule has 1 saturated carbocycles. The van der Waals surface area contributed by atoms with Crippen LogP contribution in [0.3, 0.4) is 0 Å². The van der Waals surface area contributed by atoms with E-state index in [1.165, 1.54) is 110 Å². The molecule has 242 valence electrons. The van der Waals surface area contributed by atoms with Gasteiger partial charge in [0.15, 0.2) is 0 Å². The minimum absolute atomic E-state index is 0.0666. The van der Waals surface area contributed by atoms with Gasteiger partial charge in [-0.15, -0.1) is 0 Å². The average Bonchev–Trinajstić information content (AvgIpc) is 3.52. The predicted octanol–water partition coefficient (Wildman–Crippen LogP) is 13.5. The summed E-state index contributed by atoms with van der Waals surface area (Å²) in [5, 5.41) is 0. The highest BCUT2D eigenvalue weighted by Crippen LogP contribution is 2.55. The molecule has 0 aromatic heterocycles. The van der Waals surface area contributed by atoms with E-state index in [0.717, 1.165) is 5.92 Å². The van der Waals surface area contributed by atoms with E-state index in [9.17, 15) is 0 Å². The largest absolute Gasteiger partial charge is 0.310 e. The summed E-state index contributed by atoms with van der Waals surface area (Å²) in [6.45, 7) is 9.49. The Morgan fingerprint density at radius 2 is 1.02 bits per heavy atom. The molecule has 0 radical (unpaired) electrons. The quantitative estimate of drug-likeness (QED) is 0.182. The molecule has 3 aliphatic rings. The average molecular weight is 636 g/mol. The Morgan fingerprint density at radius 1 is 0.469 bits per heavy atom. The monoisotopic (exact) mass is 635 g/mol. The lowest BCUT2D eigenvalue weighted by Gasteiger charge is -2.30. The molecule has 0 aliphatic heterocycles. The first-order valence-electron chi connectivity index (χ1n) is 18.3. The van der Waals surface area contributed by atoms with Gasteiger partial charge in [-0.2, -0.15) is 0 Å². The fraction of sp³-hybridized carbons (Fsp3) is 0.250. The summed E-state index contributed by atoms with van der Waals surface area (Å²) in [7, 11) is 0. The molecule has 0 saturated heterocycles. The van der Waals surface area contributed by atoms with Crippen LogP contribution < -0.4 is 4.90 Å². The lowest BCUT2D eigenvalue weighted by molar-refractivity contribution is 0.443. The summed E-state index contributed by atoms with van der Waals surface area (Å²) in [6, 6.07) is 50.7. The maximum atomic E-state index is 2.51. The summed E-state index contributed by atoms with van der Waals surface area (Å²) < 4.78 is 0. The van der Waals surface area contributed by atoms with E-state index in [0.29, 0.717) is 0 Å². The van der Waals surface area contributed by atoms with Crippen molar-refractivity contribution in [3.63, 3.8) is 0 Å². The van der Waals surface area contributed by atoms with Crippen molar-refractivity contribution in [3.8, 4) is 33.4 Å². The lowest BCUT2D eigenvalue weighted by atomic mass is 9.82. The molecular formula is C48H45N. The van der Waals surface area contributed by atoms with Crippen molar-refractivity contribution in [1.82, 2.24) is 0 Å². The van der Waals surface area contributed by atoms with E-state index < -0.39 is 0 Å². The maximum absolute atomic E-state index is 2.51. The van der Waals surface area contributed by atoms with Crippen LogP contribution in [0.1, 0.15) is 93.5 Å². The van der Waals surface area contributed by atoms with Gasteiger partial charge in [0.1, 0.15) is 0 Å². The van der Waals surface area contributed by atoms with Crippen LogP contribution in [0.5, 0.6) is 0 Å². The van der Waals surface area contributed by atoms with Crippen molar-refractivity contribution in [3.05, 3.63) is 161 Å². The highest BCUT2D eigenvalue weighted by Gasteiger charge is 2.39. The predicted molar refractivity (Wildman–Crippen MR) is 208 cm³/mol. The number of benzene rings is 6. The number of hydrogen-bond acceptors (Lipinski definition) is 1. The topological polar surface area (TPSA) is 3.24 Å². The summed E-state index contributed by atoms with van der Waals surface area (Å²) in [4.78, 5) is 2.51. The van der Waals surface area contributed by atoms with Crippen LogP contribution in [0.2, 0.25) is 0 Å². The van der Waals surface area contributed by atoms with Gasteiger partial charge in [-0.05, 0) is 105 Å². The summed E-state index contributed by atoms with van der Waals surface area (Å²) >= 11 is 0. The molecule has 1 heteroatoms. The van der Waals surface area contributed by atoms with E-state index >= 15 is 0 Å². The highest BCUT2D eigenvalue weighted by atomic mass is 15.1. The van der Waals surface area contributed by atoms with Gasteiger partial charge in [-0.25, -0.2) is 0 Å². The molecule has 1 nitrogen and oxygen atoms in total. The van der Waals surface area contributed by atoms with Gasteiger partial charge in [0, 0.05) is 27.8 Å². The van der Waals surface area contributed by atoms with Crippen molar-refractivity contribution in [1.29, 1.82) is 0 Å². The molecule has 1 fully saturated rings. The molecule has 0 N–H and O–H groups in total. The van der Waals surface area contributed by atoms with Crippen molar-refractivity contribution in [2.45, 2.75) is 76.5 Å². The van der Waals surface area contributed by atoms with Crippen LogP contribution in [0, 0.1) is 0 Å². The molecule has 3 aliphatic carbocycles. The lowest BCUT2D eigenvalue weighted by Crippen LogP contribution is -2.17. The Labute approximate surface area is 292 Å². The number of hydrogen-bond donors (Lipinski definition) is 0. The summed E-state index contributed by atoms with van der Waals surface area (Å²) in [6.07, 6.45) is 6.80. The zero-order valence-electron chi connectivity index (χ0n) is 29.3. The molecule has 0 unspecified atom stereocenters. The SMILES string of the molecule is CC1(C)c2ccccc2-c2ccc(N(c3ccc(-c4ccc(C5CCCCC5)cc4)cc3)c3cccc4c3-c3ccccc3C4(C)C)cc21. The van der Waals surface area contributed by atoms with E-state index in [1.54, 1.807) is 0 Å². The van der Waals surface area contributed by atoms with Crippen molar-refractivity contribution in [2.24, 2.45) is 0 Å². The second kappa shape index (κ2) is 11.3. The molecule has 6 aromatic rings. The van der Waals surface area contributed by atoms with Crippen LogP contribution in [-0.2, 0) is 10.8 Å². The third-order valence-electron chi connectivity index (χ3n) is 12.1. The molecule has 6 aromatic carbocycles. The Balaban J connectivity index is 1.17. The van der Waals surface area contributed by atoms with Crippen LogP contribution in [0.4, 0.5) is 17.1 Å². The Kier molecular flexibility index (Phi) is 6.99. The van der Waals surface area contributed by atoms with E-state index in [-0.39, 0.29) is 10.8 Å². The molecule has 49 heavy (non-hydrogen) atoms. The van der Waals surface area contributed by atoms with Crippen molar-refractivity contribution >= 4 is 17.1 Å². The Morgan fingerprint density at radius 3 is 1.73 bits per heavy atom. The first-order valence-corrected chi connectivity index (χ1v) is 18.3. The molecule has 0 bridgehead atoms. The molecule has 9 rings (SSSR count). The number of fused-ring (bicyclic) bond motifs is 6. The third-order valence-corrected chi connectivity index (χ3v) is 12.1. The second-order valence-corrected chi connectivity index (χ2v) is 15.6. The third kappa shape index (κ3) is 4.73. The molecule has 0 amide bonds. The normalized spacial score (nSPS) is 16.8. The summed E-state index contributed by atoms with van der Waals surface area (Å²) in [5.74, 6) is 0.728. The van der Waals surface area contributed by atoms with E-state index in [2.05, 4.69) is 166 Å². The summed E-state index contributed by atoms with van der Waals surface area (Å²) in [5.41, 5.74) is 18.5. The van der Waals surface area contributed by atoms with Gasteiger partial charge in [0.25, 0.3) is 0 Å².